The van der Waals surface area contributed by atoms with Crippen molar-refractivity contribution in [3.05, 3.63) is 62.7 Å². The third kappa shape index (κ3) is 3.92. The van der Waals surface area contributed by atoms with Gasteiger partial charge in [-0.15, -0.1) is 0 Å². The molecule has 0 aliphatic carbocycles. The number of H-pyrrole nitrogens is 1. The molecule has 0 spiro atoms. The van der Waals surface area contributed by atoms with Gasteiger partial charge in [0.25, 0.3) is 12.0 Å². The molecule has 180 valence electrons. The Morgan fingerprint density at radius 3 is 2.73 bits per heavy atom. The number of halogens is 5. The number of para-hydroxylation sites is 1. The highest BCUT2D eigenvalue weighted by atomic mass is 32.5. The molecule has 0 bridgehead atoms. The van der Waals surface area contributed by atoms with Gasteiger partial charge in [0.05, 0.1) is 19.4 Å². The topological polar surface area (TPSA) is 112 Å². The fourth-order valence-electron chi connectivity index (χ4n) is 3.28. The van der Waals surface area contributed by atoms with Gasteiger partial charge >= 0.3 is 18.3 Å². The van der Waals surface area contributed by atoms with E-state index in [1.165, 1.54) is 11.1 Å². The average molecular weight is 516 g/mol. The summed E-state index contributed by atoms with van der Waals surface area (Å²) in [6.07, 6.45) is -9.37. The molecule has 4 atom stereocenters. The summed E-state index contributed by atoms with van der Waals surface area (Å²) < 4.78 is 92.0. The van der Waals surface area contributed by atoms with Crippen LogP contribution in [0, 0.1) is 5.82 Å². The van der Waals surface area contributed by atoms with Crippen LogP contribution in [0.4, 0.5) is 22.0 Å². The molecule has 3 heterocycles. The third-order valence-electron chi connectivity index (χ3n) is 5.09. The lowest BCUT2D eigenvalue weighted by molar-refractivity contribution is -0.242. The van der Waals surface area contributed by atoms with Gasteiger partial charge in [0.1, 0.15) is 5.75 Å². The van der Waals surface area contributed by atoms with E-state index in [1.807, 2.05) is 0 Å². The maximum atomic E-state index is 15.0. The quantitative estimate of drug-likeness (QED) is 0.459. The predicted octanol–water partition coefficient (Wildman–Crippen LogP) is 2.05. The lowest BCUT2D eigenvalue weighted by Gasteiger charge is -2.35. The summed E-state index contributed by atoms with van der Waals surface area (Å²) in [5.74, 6) is -6.11. The summed E-state index contributed by atoms with van der Waals surface area (Å²) in [4.78, 5) is 24.6. The molecule has 1 aromatic carbocycles. The Kier molecular flexibility index (Phi) is 6.00. The van der Waals surface area contributed by atoms with Crippen LogP contribution in [0.1, 0.15) is 11.8 Å². The van der Waals surface area contributed by atoms with Gasteiger partial charge in [0.15, 0.2) is 12.3 Å². The molecule has 2 aromatic rings. The minimum absolute atomic E-state index is 0.0297. The minimum Gasteiger partial charge on any atom is -0.424 e. The van der Waals surface area contributed by atoms with Crippen molar-refractivity contribution in [3.8, 4) is 5.75 Å². The van der Waals surface area contributed by atoms with Crippen molar-refractivity contribution in [1.29, 1.82) is 0 Å². The Hall–Kier alpha value is -2.16. The number of fused-ring (bicyclic) bond motifs is 1. The van der Waals surface area contributed by atoms with Crippen LogP contribution in [0.3, 0.4) is 0 Å². The van der Waals surface area contributed by atoms with Crippen LogP contribution in [0.2, 0.25) is 0 Å². The molecule has 33 heavy (non-hydrogen) atoms. The molecule has 2 N–H and O–H groups in total. The number of aromatic amines is 1. The molecule has 1 saturated heterocycles. The van der Waals surface area contributed by atoms with Crippen LogP contribution in [0.25, 0.3) is 0 Å². The number of ether oxygens (including phenoxy) is 1. The Labute approximate surface area is 185 Å². The van der Waals surface area contributed by atoms with Crippen LogP contribution in [-0.2, 0) is 32.2 Å². The monoisotopic (exact) mass is 516 g/mol. The summed E-state index contributed by atoms with van der Waals surface area (Å²) in [5.41, 5.74) is -6.22. The molecule has 2 aliphatic heterocycles. The Balaban J connectivity index is 1.65. The van der Waals surface area contributed by atoms with E-state index in [-0.39, 0.29) is 23.1 Å². The number of nitrogens with one attached hydrogen (secondary N) is 1. The minimum atomic E-state index is -4.72. The highest BCUT2D eigenvalue weighted by Crippen LogP contribution is 2.58. The molecular weight excluding hydrogens is 502 g/mol. The van der Waals surface area contributed by atoms with Gasteiger partial charge in [-0.05, 0) is 6.07 Å². The third-order valence-corrected chi connectivity index (χ3v) is 7.25. The summed E-state index contributed by atoms with van der Waals surface area (Å²) in [6.45, 7) is -5.58. The molecule has 0 saturated carbocycles. The van der Waals surface area contributed by atoms with Gasteiger partial charge in [0.2, 0.25) is 11.4 Å². The molecular formula is C17H14F5N2O7PS. The Morgan fingerprint density at radius 2 is 2.03 bits per heavy atom. The molecule has 16 heteroatoms. The zero-order valence-corrected chi connectivity index (χ0v) is 17.8. The van der Waals surface area contributed by atoms with Gasteiger partial charge in [-0.1, -0.05) is 18.2 Å². The van der Waals surface area contributed by atoms with E-state index in [4.69, 9.17) is 30.1 Å². The molecule has 0 amide bonds. The molecule has 2 aliphatic rings. The van der Waals surface area contributed by atoms with Crippen molar-refractivity contribution in [2.24, 2.45) is 0 Å². The first-order valence-electron chi connectivity index (χ1n) is 9.10. The van der Waals surface area contributed by atoms with Crippen molar-refractivity contribution in [3.63, 3.8) is 0 Å². The standard InChI is InChI=1S/C17H14F5N2O7PS/c18-9-5-24(15(27)23-12(9)26)13-11(25)17(21,22)16(30-13,14(19)20)7-29-32(33)28-6-8-3-1-2-4-10(8)31-32/h1-5,11,13-14,25H,6-7H2,(H,23,26,27)/t11-,13+,16-,32?/m0/s1. The lowest BCUT2D eigenvalue weighted by Crippen LogP contribution is -2.57. The Morgan fingerprint density at radius 1 is 1.33 bits per heavy atom. The van der Waals surface area contributed by atoms with Crippen LogP contribution in [-0.4, -0.2) is 45.3 Å². The largest absolute Gasteiger partial charge is 0.424 e. The number of benzene rings is 1. The Bertz CT molecular complexity index is 1240. The van der Waals surface area contributed by atoms with Crippen molar-refractivity contribution in [2.75, 3.05) is 6.61 Å². The number of aliphatic hydroxyl groups is 1. The van der Waals surface area contributed by atoms with Crippen molar-refractivity contribution < 1.29 is 45.4 Å². The van der Waals surface area contributed by atoms with Gasteiger partial charge in [-0.3, -0.25) is 23.4 Å². The molecule has 9 nitrogen and oxygen atoms in total. The zero-order valence-electron chi connectivity index (χ0n) is 16.1. The second-order valence-electron chi connectivity index (χ2n) is 7.10. The second-order valence-corrected chi connectivity index (χ2v) is 10.0. The lowest BCUT2D eigenvalue weighted by atomic mass is 9.95. The highest BCUT2D eigenvalue weighted by Gasteiger charge is 2.74. The van der Waals surface area contributed by atoms with Crippen molar-refractivity contribution in [2.45, 2.75) is 36.9 Å². The second kappa shape index (κ2) is 8.25. The molecule has 1 unspecified atom stereocenters. The van der Waals surface area contributed by atoms with Gasteiger partial charge < -0.3 is 14.4 Å². The van der Waals surface area contributed by atoms with E-state index in [0.717, 1.165) is 0 Å². The molecule has 4 rings (SSSR count). The maximum absolute atomic E-state index is 15.0. The summed E-state index contributed by atoms with van der Waals surface area (Å²) >= 11 is 5.07. The predicted molar refractivity (Wildman–Crippen MR) is 103 cm³/mol. The summed E-state index contributed by atoms with van der Waals surface area (Å²) in [7, 11) is 0. The fraction of sp³-hybridized carbons (Fsp3) is 0.412. The normalized spacial score (nSPS) is 30.8. The van der Waals surface area contributed by atoms with E-state index < -0.39 is 60.7 Å². The number of aliphatic hydroxyl groups excluding tert-OH is 1. The SMILES string of the molecule is O=c1[nH]c(=O)n([C@@H]2O[C@@](COP3(=S)OCc4ccccc4O3)(C(F)F)C(F)(F)[C@H]2O)cc1F. The average Bonchev–Trinajstić information content (AvgIpc) is 2.96. The van der Waals surface area contributed by atoms with Gasteiger partial charge in [-0.2, -0.15) is 13.2 Å². The van der Waals surface area contributed by atoms with Crippen molar-refractivity contribution in [1.82, 2.24) is 9.55 Å². The highest BCUT2D eigenvalue weighted by molar-refractivity contribution is 8.07. The van der Waals surface area contributed by atoms with Gasteiger partial charge in [-0.25, -0.2) is 13.6 Å². The summed E-state index contributed by atoms with van der Waals surface area (Å²) in [6, 6.07) is 6.37. The van der Waals surface area contributed by atoms with E-state index in [2.05, 4.69) is 0 Å². The zero-order chi connectivity index (χ0) is 24.2. The fourth-order valence-corrected chi connectivity index (χ4v) is 5.09. The first-order valence-corrected chi connectivity index (χ1v) is 11.7. The smallest absolute Gasteiger partial charge is 0.381 e. The van der Waals surface area contributed by atoms with E-state index in [9.17, 15) is 36.6 Å². The van der Waals surface area contributed by atoms with Crippen LogP contribution in [0.5, 0.6) is 5.75 Å². The molecule has 0 radical (unpaired) electrons. The van der Waals surface area contributed by atoms with E-state index in [0.29, 0.717) is 5.56 Å². The van der Waals surface area contributed by atoms with E-state index >= 15 is 0 Å². The van der Waals surface area contributed by atoms with Gasteiger partial charge in [0, 0.05) is 17.4 Å². The number of nitrogens with zero attached hydrogens (tertiary/aromatic N) is 1. The number of hydrogen-bond donors (Lipinski definition) is 2. The first-order chi connectivity index (χ1) is 15.4. The number of hydrogen-bond acceptors (Lipinski definition) is 8. The van der Waals surface area contributed by atoms with Crippen LogP contribution in [0.15, 0.2) is 40.1 Å². The van der Waals surface area contributed by atoms with Crippen molar-refractivity contribution >= 4 is 18.5 Å². The molecule has 1 aromatic heterocycles. The van der Waals surface area contributed by atoms with Crippen LogP contribution < -0.4 is 15.8 Å². The maximum Gasteiger partial charge on any atom is 0.381 e. The van der Waals surface area contributed by atoms with Crippen LogP contribution >= 0.6 is 6.72 Å². The number of aromatic nitrogens is 2. The summed E-state index contributed by atoms with van der Waals surface area (Å²) in [5, 5.41) is 10.1. The number of rotatable bonds is 5. The van der Waals surface area contributed by atoms with E-state index in [1.54, 1.807) is 18.2 Å². The number of alkyl halides is 4. The molecule has 1 fully saturated rings. The first kappa shape index (κ1) is 24.0.